The zero-order chi connectivity index (χ0) is 22.9. The minimum atomic E-state index is -4.57. The van der Waals surface area contributed by atoms with Crippen LogP contribution in [0.25, 0.3) is 0 Å². The molecule has 0 saturated carbocycles. The molecule has 0 spiro atoms. The molecule has 0 saturated heterocycles. The summed E-state index contributed by atoms with van der Waals surface area (Å²) in [6, 6.07) is 9.92. The molecule has 9 heteroatoms. The fourth-order valence-corrected chi connectivity index (χ4v) is 4.25. The van der Waals surface area contributed by atoms with Crippen molar-refractivity contribution in [1.29, 1.82) is 5.26 Å². The van der Waals surface area contributed by atoms with E-state index in [0.29, 0.717) is 16.0 Å². The number of ketones is 1. The molecule has 31 heavy (non-hydrogen) atoms. The molecule has 5 nitrogen and oxygen atoms in total. The van der Waals surface area contributed by atoms with E-state index in [-0.39, 0.29) is 22.7 Å². The maximum atomic E-state index is 13.2. The molecule has 3 rings (SSSR count). The minimum absolute atomic E-state index is 0.00643. The molecule has 0 radical (unpaired) electrons. The van der Waals surface area contributed by atoms with E-state index in [0.717, 1.165) is 17.0 Å². The Morgan fingerprint density at radius 2 is 1.94 bits per heavy atom. The molecule has 0 aromatic heterocycles. The third-order valence-electron chi connectivity index (χ3n) is 4.97. The van der Waals surface area contributed by atoms with Gasteiger partial charge in [0.25, 0.3) is 0 Å². The van der Waals surface area contributed by atoms with Crippen molar-refractivity contribution in [2.24, 2.45) is 0 Å². The number of alkyl halides is 3. The van der Waals surface area contributed by atoms with Crippen molar-refractivity contribution in [3.63, 3.8) is 0 Å². The predicted molar refractivity (Wildman–Crippen MR) is 112 cm³/mol. The second kappa shape index (κ2) is 8.47. The van der Waals surface area contributed by atoms with Crippen LogP contribution in [0.15, 0.2) is 58.6 Å². The molecule has 1 unspecified atom stereocenters. The van der Waals surface area contributed by atoms with E-state index in [1.165, 1.54) is 37.7 Å². The van der Waals surface area contributed by atoms with Gasteiger partial charge in [0.15, 0.2) is 5.78 Å². The number of benzene rings is 2. The van der Waals surface area contributed by atoms with Crippen LogP contribution < -0.4 is 10.2 Å². The first-order valence-corrected chi connectivity index (χ1v) is 10.4. The van der Waals surface area contributed by atoms with Crippen LogP contribution >= 0.6 is 11.8 Å². The Hall–Kier alpha value is -3.25. The molecule has 1 N–H and O–H groups in total. The first kappa shape index (κ1) is 22.4. The Labute approximate surface area is 181 Å². The Morgan fingerprint density at radius 3 is 2.52 bits per heavy atom. The Bertz CT molecular complexity index is 1140. The lowest BCUT2D eigenvalue weighted by molar-refractivity contribution is -0.137. The molecule has 2 aromatic carbocycles. The molecule has 1 aliphatic rings. The van der Waals surface area contributed by atoms with Gasteiger partial charge in [-0.1, -0.05) is 12.1 Å². The summed E-state index contributed by atoms with van der Waals surface area (Å²) in [6.07, 6.45) is -2.76. The van der Waals surface area contributed by atoms with Gasteiger partial charge in [0.05, 0.1) is 28.9 Å². The quantitative estimate of drug-likeness (QED) is 0.637. The third kappa shape index (κ3) is 4.30. The van der Waals surface area contributed by atoms with E-state index in [2.05, 4.69) is 5.32 Å². The molecule has 2 aromatic rings. The number of carbonyl (C=O) groups excluding carboxylic acids is 2. The molecule has 1 aliphatic heterocycles. The van der Waals surface area contributed by atoms with Crippen LogP contribution in [0.2, 0.25) is 0 Å². The summed E-state index contributed by atoms with van der Waals surface area (Å²) >= 11 is 1.36. The van der Waals surface area contributed by atoms with Gasteiger partial charge in [0, 0.05) is 16.2 Å². The first-order valence-electron chi connectivity index (χ1n) is 9.16. The normalized spacial score (nSPS) is 16.7. The number of Topliss-reactive ketones (excluding diaryl/α,β-unsaturated/α-hetero) is 1. The summed E-state index contributed by atoms with van der Waals surface area (Å²) in [5.74, 6) is -0.323. The minimum Gasteiger partial charge on any atom is -0.326 e. The molecule has 1 heterocycles. The van der Waals surface area contributed by atoms with Crippen molar-refractivity contribution < 1.29 is 22.8 Å². The average molecular weight is 445 g/mol. The molecule has 0 bridgehead atoms. The number of hydrogen-bond acceptors (Lipinski definition) is 4. The van der Waals surface area contributed by atoms with Gasteiger partial charge in [0.1, 0.15) is 0 Å². The number of nitrogens with one attached hydrogen (secondary N) is 1. The number of allylic oxidation sites excluding steroid dienone is 1. The van der Waals surface area contributed by atoms with Crippen LogP contribution in [0.3, 0.4) is 0 Å². The number of nitriles is 1. The molecule has 2 amide bonds. The summed E-state index contributed by atoms with van der Waals surface area (Å²) in [6.45, 7) is 2.88. The SMILES string of the molecule is CSc1cc(C#N)ccc1C1NC(=O)N(c2cccc(C(F)(F)F)c2)C(C)=C1C(C)=O. The number of thioether (sulfide) groups is 1. The Kier molecular flexibility index (Phi) is 6.13. The maximum absolute atomic E-state index is 13.2. The van der Waals surface area contributed by atoms with E-state index >= 15 is 0 Å². The van der Waals surface area contributed by atoms with E-state index in [4.69, 9.17) is 5.26 Å². The van der Waals surface area contributed by atoms with E-state index in [9.17, 15) is 22.8 Å². The van der Waals surface area contributed by atoms with Gasteiger partial charge in [-0.3, -0.25) is 9.69 Å². The van der Waals surface area contributed by atoms with Gasteiger partial charge in [-0.2, -0.15) is 18.4 Å². The maximum Gasteiger partial charge on any atom is 0.416 e. The number of rotatable bonds is 4. The fourth-order valence-electron chi connectivity index (χ4n) is 3.58. The van der Waals surface area contributed by atoms with Gasteiger partial charge in [-0.05, 0) is 56.0 Å². The second-order valence-corrected chi connectivity index (χ2v) is 7.74. The van der Waals surface area contributed by atoms with E-state index < -0.39 is 23.8 Å². The summed E-state index contributed by atoms with van der Waals surface area (Å²) in [4.78, 5) is 27.3. The number of anilines is 1. The second-order valence-electron chi connectivity index (χ2n) is 6.89. The molecule has 0 fully saturated rings. The van der Waals surface area contributed by atoms with Gasteiger partial charge in [-0.25, -0.2) is 4.79 Å². The number of nitrogens with zero attached hydrogens (tertiary/aromatic N) is 2. The van der Waals surface area contributed by atoms with Gasteiger partial charge in [-0.15, -0.1) is 11.8 Å². The van der Waals surface area contributed by atoms with E-state index in [1.807, 2.05) is 12.3 Å². The average Bonchev–Trinajstić information content (AvgIpc) is 2.72. The summed E-state index contributed by atoms with van der Waals surface area (Å²) in [5.41, 5.74) is 0.689. The van der Waals surface area contributed by atoms with E-state index in [1.54, 1.807) is 18.2 Å². The highest BCUT2D eigenvalue weighted by Crippen LogP contribution is 2.39. The number of hydrogen-bond donors (Lipinski definition) is 1. The lowest BCUT2D eigenvalue weighted by Crippen LogP contribution is -2.48. The summed E-state index contributed by atoms with van der Waals surface area (Å²) < 4.78 is 39.5. The van der Waals surface area contributed by atoms with Crippen LogP contribution in [-0.2, 0) is 11.0 Å². The zero-order valence-corrected chi connectivity index (χ0v) is 17.7. The smallest absolute Gasteiger partial charge is 0.326 e. The Balaban J connectivity index is 2.16. The van der Waals surface area contributed by atoms with Crippen molar-refractivity contribution in [2.45, 2.75) is 31.0 Å². The fraction of sp³-hybridized carbons (Fsp3) is 0.227. The van der Waals surface area contributed by atoms with Crippen molar-refractivity contribution in [3.8, 4) is 6.07 Å². The number of halogens is 3. The van der Waals surface area contributed by atoms with Crippen molar-refractivity contribution >= 4 is 29.3 Å². The summed E-state index contributed by atoms with van der Waals surface area (Å²) in [5, 5.41) is 11.9. The van der Waals surface area contributed by atoms with Crippen molar-refractivity contribution in [3.05, 3.63) is 70.4 Å². The highest BCUT2D eigenvalue weighted by atomic mass is 32.2. The highest BCUT2D eigenvalue weighted by molar-refractivity contribution is 7.98. The standard InChI is InChI=1S/C22H18F3N3O2S/c1-12-19(13(2)29)20(17-8-7-14(11-26)9-18(17)31-3)27-21(30)28(12)16-6-4-5-15(10-16)22(23,24)25/h4-10,20H,1-3H3,(H,27,30). The molecule has 160 valence electrons. The summed E-state index contributed by atoms with van der Waals surface area (Å²) in [7, 11) is 0. The van der Waals surface area contributed by atoms with Crippen LogP contribution in [0.4, 0.5) is 23.7 Å². The first-order chi connectivity index (χ1) is 14.6. The molecule has 1 atom stereocenters. The van der Waals surface area contributed by atoms with Crippen LogP contribution in [0.1, 0.15) is 36.6 Å². The largest absolute Gasteiger partial charge is 0.416 e. The lowest BCUT2D eigenvalue weighted by atomic mass is 9.91. The zero-order valence-electron chi connectivity index (χ0n) is 16.9. The predicted octanol–water partition coefficient (Wildman–Crippen LogP) is 5.43. The monoisotopic (exact) mass is 445 g/mol. The Morgan fingerprint density at radius 1 is 1.23 bits per heavy atom. The van der Waals surface area contributed by atoms with Gasteiger partial charge in [0.2, 0.25) is 0 Å². The molecular formula is C22H18F3N3O2S. The highest BCUT2D eigenvalue weighted by Gasteiger charge is 2.37. The topological polar surface area (TPSA) is 73.2 Å². The lowest BCUT2D eigenvalue weighted by Gasteiger charge is -2.36. The number of carbonyl (C=O) groups is 2. The van der Waals surface area contributed by atoms with Crippen LogP contribution in [0, 0.1) is 11.3 Å². The van der Waals surface area contributed by atoms with Crippen molar-refractivity contribution in [2.75, 3.05) is 11.2 Å². The van der Waals surface area contributed by atoms with Gasteiger partial charge >= 0.3 is 12.2 Å². The van der Waals surface area contributed by atoms with Gasteiger partial charge < -0.3 is 5.32 Å². The molecular weight excluding hydrogens is 427 g/mol. The number of amides is 2. The molecule has 0 aliphatic carbocycles. The number of urea groups is 1. The van der Waals surface area contributed by atoms with Crippen LogP contribution in [-0.4, -0.2) is 18.1 Å². The van der Waals surface area contributed by atoms with Crippen molar-refractivity contribution in [1.82, 2.24) is 5.32 Å². The van der Waals surface area contributed by atoms with Crippen LogP contribution in [0.5, 0.6) is 0 Å². The third-order valence-corrected chi connectivity index (χ3v) is 5.76.